The van der Waals surface area contributed by atoms with Crippen LogP contribution in [-0.2, 0) is 9.63 Å². The Kier molecular flexibility index (Phi) is 4.81. The molecule has 3 N–H and O–H groups in total. The zero-order valence-electron chi connectivity index (χ0n) is 7.26. The monoisotopic (exact) mass is 160 g/mol. The highest BCUT2D eigenvalue weighted by atomic mass is 16.6. The van der Waals surface area contributed by atoms with Gasteiger partial charge in [0.05, 0.1) is 12.6 Å². The van der Waals surface area contributed by atoms with Gasteiger partial charge in [-0.15, -0.1) is 0 Å². The summed E-state index contributed by atoms with van der Waals surface area (Å²) in [5.41, 5.74) is 7.76. The average molecular weight is 160 g/mol. The van der Waals surface area contributed by atoms with Gasteiger partial charge in [-0.3, -0.25) is 9.63 Å². The summed E-state index contributed by atoms with van der Waals surface area (Å²) in [7, 11) is 0. The Labute approximate surface area is 67.0 Å². The Morgan fingerprint density at radius 2 is 2.18 bits per heavy atom. The molecule has 0 aliphatic heterocycles. The lowest BCUT2D eigenvalue weighted by molar-refractivity contribution is -0.135. The van der Waals surface area contributed by atoms with Crippen molar-refractivity contribution in [1.29, 1.82) is 0 Å². The molecular weight excluding hydrogens is 144 g/mol. The van der Waals surface area contributed by atoms with Crippen molar-refractivity contribution < 1.29 is 9.63 Å². The first-order valence-electron chi connectivity index (χ1n) is 3.76. The Balaban J connectivity index is 3.64. The number of hydrogen-bond donors (Lipinski definition) is 2. The molecule has 0 aliphatic carbocycles. The van der Waals surface area contributed by atoms with Crippen LogP contribution < -0.4 is 11.2 Å². The molecule has 0 bridgehead atoms. The number of hydrogen-bond acceptors (Lipinski definition) is 3. The predicted molar refractivity (Wildman–Crippen MR) is 42.6 cm³/mol. The minimum absolute atomic E-state index is 0.135. The third-order valence-corrected chi connectivity index (χ3v) is 1.34. The van der Waals surface area contributed by atoms with Crippen molar-refractivity contribution in [3.63, 3.8) is 0 Å². The van der Waals surface area contributed by atoms with Crippen LogP contribution in [0.15, 0.2) is 0 Å². The summed E-state index contributed by atoms with van der Waals surface area (Å²) in [4.78, 5) is 15.7. The first-order chi connectivity index (χ1) is 5.09. The fraction of sp³-hybridized carbons (Fsp3) is 0.857. The summed E-state index contributed by atoms with van der Waals surface area (Å²) in [6, 6.07) is -0.485. The topological polar surface area (TPSA) is 64.3 Å². The van der Waals surface area contributed by atoms with E-state index in [4.69, 9.17) is 5.73 Å². The van der Waals surface area contributed by atoms with Crippen molar-refractivity contribution >= 4 is 5.91 Å². The first-order valence-corrected chi connectivity index (χ1v) is 3.76. The van der Waals surface area contributed by atoms with E-state index in [1.165, 1.54) is 0 Å². The molecule has 0 aromatic carbocycles. The van der Waals surface area contributed by atoms with Crippen molar-refractivity contribution in [2.45, 2.75) is 26.8 Å². The van der Waals surface area contributed by atoms with Crippen molar-refractivity contribution in [3.05, 3.63) is 0 Å². The quantitative estimate of drug-likeness (QED) is 0.570. The Morgan fingerprint density at radius 1 is 1.64 bits per heavy atom. The van der Waals surface area contributed by atoms with E-state index in [0.29, 0.717) is 6.61 Å². The average Bonchev–Trinajstić information content (AvgIpc) is 1.98. The summed E-state index contributed by atoms with van der Waals surface area (Å²) in [5.74, 6) is -0.127. The standard InChI is InChI=1S/C7H16N2O2/c1-4-11-9-7(10)6(8)5(2)3/h5-6H,4,8H2,1-3H3,(H,9,10). The van der Waals surface area contributed by atoms with Gasteiger partial charge in [0.2, 0.25) is 0 Å². The maximum atomic E-state index is 11.0. The van der Waals surface area contributed by atoms with Crippen molar-refractivity contribution in [3.8, 4) is 0 Å². The Bertz CT molecular complexity index is 126. The van der Waals surface area contributed by atoms with Crippen LogP contribution in [0, 0.1) is 5.92 Å². The number of carbonyl (C=O) groups excluding carboxylic acids is 1. The van der Waals surface area contributed by atoms with Gasteiger partial charge in [0.15, 0.2) is 0 Å². The summed E-state index contributed by atoms with van der Waals surface area (Å²) in [6.07, 6.45) is 0. The summed E-state index contributed by atoms with van der Waals surface area (Å²) in [5, 5.41) is 0. The van der Waals surface area contributed by atoms with Crippen LogP contribution >= 0.6 is 0 Å². The molecule has 0 aromatic heterocycles. The highest BCUT2D eigenvalue weighted by Crippen LogP contribution is 1.97. The summed E-state index contributed by atoms with van der Waals surface area (Å²) < 4.78 is 0. The number of amides is 1. The van der Waals surface area contributed by atoms with Crippen LogP contribution in [0.3, 0.4) is 0 Å². The lowest BCUT2D eigenvalue weighted by Gasteiger charge is -2.14. The smallest absolute Gasteiger partial charge is 0.260 e. The SMILES string of the molecule is CCONC(=O)C(N)C(C)C. The molecule has 0 spiro atoms. The van der Waals surface area contributed by atoms with Gasteiger partial charge in [-0.1, -0.05) is 13.8 Å². The molecule has 66 valence electrons. The van der Waals surface area contributed by atoms with Gasteiger partial charge in [0.1, 0.15) is 0 Å². The third-order valence-electron chi connectivity index (χ3n) is 1.34. The number of rotatable bonds is 4. The first kappa shape index (κ1) is 10.4. The molecule has 0 heterocycles. The van der Waals surface area contributed by atoms with E-state index >= 15 is 0 Å². The van der Waals surface area contributed by atoms with Crippen molar-refractivity contribution in [2.75, 3.05) is 6.61 Å². The van der Waals surface area contributed by atoms with E-state index in [1.54, 1.807) is 6.92 Å². The molecule has 4 nitrogen and oxygen atoms in total. The van der Waals surface area contributed by atoms with E-state index in [2.05, 4.69) is 10.3 Å². The molecule has 4 heteroatoms. The minimum Gasteiger partial charge on any atom is -0.320 e. The highest BCUT2D eigenvalue weighted by Gasteiger charge is 2.16. The normalized spacial score (nSPS) is 13.2. The van der Waals surface area contributed by atoms with Crippen molar-refractivity contribution in [1.82, 2.24) is 5.48 Å². The van der Waals surface area contributed by atoms with Crippen LogP contribution in [0.1, 0.15) is 20.8 Å². The molecule has 1 unspecified atom stereocenters. The van der Waals surface area contributed by atoms with E-state index in [-0.39, 0.29) is 11.8 Å². The maximum absolute atomic E-state index is 11.0. The predicted octanol–water partition coefficient (Wildman–Crippen LogP) is 0.0374. The molecule has 1 amide bonds. The molecule has 11 heavy (non-hydrogen) atoms. The van der Waals surface area contributed by atoms with Gasteiger partial charge < -0.3 is 5.73 Å². The van der Waals surface area contributed by atoms with Gasteiger partial charge in [0, 0.05) is 0 Å². The molecule has 0 saturated heterocycles. The molecule has 0 radical (unpaired) electrons. The number of hydroxylamine groups is 1. The van der Waals surface area contributed by atoms with E-state index in [0.717, 1.165) is 0 Å². The van der Waals surface area contributed by atoms with Gasteiger partial charge in [-0.25, -0.2) is 5.48 Å². The van der Waals surface area contributed by atoms with Gasteiger partial charge in [0.25, 0.3) is 5.91 Å². The second-order valence-electron chi connectivity index (χ2n) is 2.67. The maximum Gasteiger partial charge on any atom is 0.260 e. The minimum atomic E-state index is -0.485. The molecule has 0 rings (SSSR count). The number of nitrogens with one attached hydrogen (secondary N) is 1. The number of carbonyl (C=O) groups is 1. The molecule has 0 aromatic rings. The third kappa shape index (κ3) is 3.95. The summed E-state index contributed by atoms with van der Waals surface area (Å²) in [6.45, 7) is 6.02. The van der Waals surface area contributed by atoms with Crippen molar-refractivity contribution in [2.24, 2.45) is 11.7 Å². The second kappa shape index (κ2) is 5.09. The lowest BCUT2D eigenvalue weighted by Crippen LogP contribution is -2.43. The Hall–Kier alpha value is -0.610. The zero-order chi connectivity index (χ0) is 8.85. The molecule has 0 fully saturated rings. The fourth-order valence-electron chi connectivity index (χ4n) is 0.514. The van der Waals surface area contributed by atoms with E-state index < -0.39 is 6.04 Å². The van der Waals surface area contributed by atoms with Crippen LogP contribution in [-0.4, -0.2) is 18.6 Å². The lowest BCUT2D eigenvalue weighted by atomic mass is 10.1. The molecule has 1 atom stereocenters. The van der Waals surface area contributed by atoms with Gasteiger partial charge in [-0.2, -0.15) is 0 Å². The highest BCUT2D eigenvalue weighted by molar-refractivity contribution is 5.80. The van der Waals surface area contributed by atoms with Crippen LogP contribution in [0.4, 0.5) is 0 Å². The van der Waals surface area contributed by atoms with E-state index in [9.17, 15) is 4.79 Å². The number of nitrogens with two attached hydrogens (primary N) is 1. The zero-order valence-corrected chi connectivity index (χ0v) is 7.26. The molecule has 0 saturated carbocycles. The molecular formula is C7H16N2O2. The van der Waals surface area contributed by atoms with E-state index in [1.807, 2.05) is 13.8 Å². The van der Waals surface area contributed by atoms with Crippen LogP contribution in [0.2, 0.25) is 0 Å². The largest absolute Gasteiger partial charge is 0.320 e. The summed E-state index contributed by atoms with van der Waals surface area (Å²) >= 11 is 0. The van der Waals surface area contributed by atoms with Crippen LogP contribution in [0.25, 0.3) is 0 Å². The molecule has 0 aliphatic rings. The van der Waals surface area contributed by atoms with Gasteiger partial charge >= 0.3 is 0 Å². The fourth-order valence-corrected chi connectivity index (χ4v) is 0.514. The Morgan fingerprint density at radius 3 is 2.55 bits per heavy atom. The second-order valence-corrected chi connectivity index (χ2v) is 2.67. The van der Waals surface area contributed by atoms with Crippen LogP contribution in [0.5, 0.6) is 0 Å². The van der Waals surface area contributed by atoms with Gasteiger partial charge in [-0.05, 0) is 12.8 Å².